The van der Waals surface area contributed by atoms with Crippen LogP contribution in [0.2, 0.25) is 0 Å². The van der Waals surface area contributed by atoms with Crippen molar-refractivity contribution in [1.82, 2.24) is 10.3 Å². The third kappa shape index (κ3) is 4.53. The minimum atomic E-state index is -0.111. The Morgan fingerprint density at radius 3 is 2.94 bits per heavy atom. The van der Waals surface area contributed by atoms with Crippen molar-refractivity contribution in [2.45, 2.75) is 30.5 Å². The maximum atomic E-state index is 11.6. The minimum absolute atomic E-state index is 0.0663. The SMILES string of the molecule is CCCNC(=O)[C@H](C)Sc1ccc(Br)cn1. The molecule has 0 aliphatic heterocycles. The smallest absolute Gasteiger partial charge is 0.233 e. The molecule has 0 saturated carbocycles. The van der Waals surface area contributed by atoms with E-state index >= 15 is 0 Å². The summed E-state index contributed by atoms with van der Waals surface area (Å²) in [7, 11) is 0. The highest BCUT2D eigenvalue weighted by Crippen LogP contribution is 2.22. The summed E-state index contributed by atoms with van der Waals surface area (Å²) in [6.07, 6.45) is 2.69. The van der Waals surface area contributed by atoms with Gasteiger partial charge in [-0.25, -0.2) is 4.98 Å². The number of carbonyl (C=O) groups excluding carboxylic acids is 1. The number of halogens is 1. The second kappa shape index (κ2) is 6.91. The lowest BCUT2D eigenvalue weighted by atomic mass is 10.4. The van der Waals surface area contributed by atoms with Crippen molar-refractivity contribution >= 4 is 33.6 Å². The van der Waals surface area contributed by atoms with Gasteiger partial charge in [-0.1, -0.05) is 18.7 Å². The van der Waals surface area contributed by atoms with Gasteiger partial charge in [0.2, 0.25) is 5.91 Å². The van der Waals surface area contributed by atoms with Crippen LogP contribution in [0, 0.1) is 0 Å². The predicted molar refractivity (Wildman–Crippen MR) is 70.6 cm³/mol. The number of hydrogen-bond acceptors (Lipinski definition) is 3. The molecule has 1 atom stereocenters. The Kier molecular flexibility index (Phi) is 5.84. The molecule has 0 spiro atoms. The fourth-order valence-electron chi connectivity index (χ4n) is 1.06. The van der Waals surface area contributed by atoms with Crippen molar-refractivity contribution in [3.05, 3.63) is 22.8 Å². The van der Waals surface area contributed by atoms with E-state index in [-0.39, 0.29) is 11.2 Å². The molecule has 0 radical (unpaired) electrons. The van der Waals surface area contributed by atoms with Crippen LogP contribution in [0.15, 0.2) is 27.8 Å². The Balaban J connectivity index is 2.47. The van der Waals surface area contributed by atoms with Crippen LogP contribution in [0.25, 0.3) is 0 Å². The Morgan fingerprint density at radius 1 is 1.62 bits per heavy atom. The predicted octanol–water partition coefficient (Wildman–Crippen LogP) is 2.85. The van der Waals surface area contributed by atoms with Gasteiger partial charge < -0.3 is 5.32 Å². The van der Waals surface area contributed by atoms with Gasteiger partial charge in [-0.15, -0.1) is 0 Å². The average Bonchev–Trinajstić information content (AvgIpc) is 2.29. The Labute approximate surface area is 109 Å². The maximum absolute atomic E-state index is 11.6. The largest absolute Gasteiger partial charge is 0.355 e. The van der Waals surface area contributed by atoms with Crippen LogP contribution in [0.4, 0.5) is 0 Å². The first-order valence-corrected chi connectivity index (χ1v) is 6.86. The Bertz CT molecular complexity index is 342. The van der Waals surface area contributed by atoms with Gasteiger partial charge in [0.15, 0.2) is 0 Å². The normalized spacial score (nSPS) is 12.2. The molecule has 1 amide bonds. The van der Waals surface area contributed by atoms with Crippen LogP contribution < -0.4 is 5.32 Å². The highest BCUT2D eigenvalue weighted by Gasteiger charge is 2.13. The lowest BCUT2D eigenvalue weighted by Gasteiger charge is -2.10. The standard InChI is InChI=1S/C11H15BrN2OS/c1-3-6-13-11(15)8(2)16-10-5-4-9(12)7-14-10/h4-5,7-8H,3,6H2,1-2H3,(H,13,15)/t8-/m0/s1. The lowest BCUT2D eigenvalue weighted by molar-refractivity contribution is -0.120. The molecule has 0 aromatic carbocycles. The second-order valence-electron chi connectivity index (χ2n) is 3.37. The molecule has 1 heterocycles. The molecule has 0 aliphatic rings. The van der Waals surface area contributed by atoms with E-state index in [1.165, 1.54) is 11.8 Å². The number of rotatable bonds is 5. The summed E-state index contributed by atoms with van der Waals surface area (Å²) in [5, 5.41) is 3.62. The molecule has 16 heavy (non-hydrogen) atoms. The van der Waals surface area contributed by atoms with Crippen molar-refractivity contribution in [3.8, 4) is 0 Å². The lowest BCUT2D eigenvalue weighted by Crippen LogP contribution is -2.31. The second-order valence-corrected chi connectivity index (χ2v) is 5.64. The summed E-state index contributed by atoms with van der Waals surface area (Å²) in [4.78, 5) is 15.8. The molecule has 1 rings (SSSR count). The monoisotopic (exact) mass is 302 g/mol. The number of nitrogens with one attached hydrogen (secondary N) is 1. The molecule has 0 bridgehead atoms. The first kappa shape index (κ1) is 13.5. The van der Waals surface area contributed by atoms with Gasteiger partial charge in [0.1, 0.15) is 0 Å². The molecule has 5 heteroatoms. The molecule has 1 N–H and O–H groups in total. The van der Waals surface area contributed by atoms with Gasteiger partial charge in [-0.3, -0.25) is 4.79 Å². The van der Waals surface area contributed by atoms with Crippen LogP contribution in [0.3, 0.4) is 0 Å². The molecule has 1 aromatic rings. The van der Waals surface area contributed by atoms with Crippen LogP contribution in [-0.2, 0) is 4.79 Å². The van der Waals surface area contributed by atoms with Crippen molar-refractivity contribution < 1.29 is 4.79 Å². The first-order valence-electron chi connectivity index (χ1n) is 5.19. The summed E-state index contributed by atoms with van der Waals surface area (Å²) < 4.78 is 0.944. The van der Waals surface area contributed by atoms with E-state index in [4.69, 9.17) is 0 Å². The fraction of sp³-hybridized carbons (Fsp3) is 0.455. The zero-order chi connectivity index (χ0) is 12.0. The minimum Gasteiger partial charge on any atom is -0.355 e. The van der Waals surface area contributed by atoms with Crippen LogP contribution in [0.5, 0.6) is 0 Å². The molecule has 88 valence electrons. The van der Waals surface area contributed by atoms with Crippen molar-refractivity contribution in [1.29, 1.82) is 0 Å². The highest BCUT2D eigenvalue weighted by molar-refractivity contribution is 9.10. The number of thioether (sulfide) groups is 1. The molecular weight excluding hydrogens is 288 g/mol. The van der Waals surface area contributed by atoms with E-state index < -0.39 is 0 Å². The highest BCUT2D eigenvalue weighted by atomic mass is 79.9. The molecule has 0 saturated heterocycles. The molecule has 0 aliphatic carbocycles. The summed E-state index contributed by atoms with van der Waals surface area (Å²) in [5.41, 5.74) is 0. The van der Waals surface area contributed by atoms with E-state index in [0.29, 0.717) is 0 Å². The Hall–Kier alpha value is -0.550. The molecule has 0 unspecified atom stereocenters. The van der Waals surface area contributed by atoms with E-state index in [1.54, 1.807) is 6.20 Å². The van der Waals surface area contributed by atoms with E-state index in [9.17, 15) is 4.79 Å². The summed E-state index contributed by atoms with van der Waals surface area (Å²) in [6, 6.07) is 3.82. The number of amides is 1. The topological polar surface area (TPSA) is 42.0 Å². The van der Waals surface area contributed by atoms with Crippen LogP contribution in [0.1, 0.15) is 20.3 Å². The van der Waals surface area contributed by atoms with Gasteiger partial charge in [0.25, 0.3) is 0 Å². The van der Waals surface area contributed by atoms with Gasteiger partial charge in [0, 0.05) is 17.2 Å². The molecule has 1 aromatic heterocycles. The van der Waals surface area contributed by atoms with Crippen LogP contribution >= 0.6 is 27.7 Å². The van der Waals surface area contributed by atoms with E-state index in [0.717, 1.165) is 22.5 Å². The third-order valence-electron chi connectivity index (χ3n) is 1.92. The number of nitrogens with zero attached hydrogens (tertiary/aromatic N) is 1. The number of hydrogen-bond donors (Lipinski definition) is 1. The third-order valence-corrected chi connectivity index (χ3v) is 3.44. The Morgan fingerprint density at radius 2 is 2.38 bits per heavy atom. The zero-order valence-corrected chi connectivity index (χ0v) is 11.8. The fourth-order valence-corrected chi connectivity index (χ4v) is 2.11. The first-order chi connectivity index (χ1) is 7.63. The quantitative estimate of drug-likeness (QED) is 0.851. The summed E-state index contributed by atoms with van der Waals surface area (Å²) >= 11 is 4.79. The van der Waals surface area contributed by atoms with Crippen molar-refractivity contribution in [2.75, 3.05) is 6.54 Å². The molecule has 0 fully saturated rings. The number of pyridine rings is 1. The van der Waals surface area contributed by atoms with E-state index in [2.05, 4.69) is 26.2 Å². The van der Waals surface area contributed by atoms with Crippen molar-refractivity contribution in [3.63, 3.8) is 0 Å². The van der Waals surface area contributed by atoms with E-state index in [1.807, 2.05) is 26.0 Å². The zero-order valence-electron chi connectivity index (χ0n) is 9.37. The number of aromatic nitrogens is 1. The van der Waals surface area contributed by atoms with Crippen molar-refractivity contribution in [2.24, 2.45) is 0 Å². The molecule has 3 nitrogen and oxygen atoms in total. The number of carbonyl (C=O) groups is 1. The summed E-state index contributed by atoms with van der Waals surface area (Å²) in [6.45, 7) is 4.66. The summed E-state index contributed by atoms with van der Waals surface area (Å²) in [5.74, 6) is 0.0663. The average molecular weight is 303 g/mol. The molecular formula is C11H15BrN2OS. The van der Waals surface area contributed by atoms with Crippen LogP contribution in [-0.4, -0.2) is 22.7 Å². The van der Waals surface area contributed by atoms with Gasteiger partial charge >= 0.3 is 0 Å². The van der Waals surface area contributed by atoms with Gasteiger partial charge in [0.05, 0.1) is 10.3 Å². The van der Waals surface area contributed by atoms with Gasteiger partial charge in [-0.2, -0.15) is 0 Å². The maximum Gasteiger partial charge on any atom is 0.233 e. The van der Waals surface area contributed by atoms with Gasteiger partial charge in [-0.05, 0) is 41.4 Å².